The van der Waals surface area contributed by atoms with Gasteiger partial charge in [0.15, 0.2) is 0 Å². The molecule has 172 valence electrons. The van der Waals surface area contributed by atoms with Gasteiger partial charge in [-0.05, 0) is 73.6 Å². The summed E-state index contributed by atoms with van der Waals surface area (Å²) in [5.74, 6) is 0.941. The third-order valence-electron chi connectivity index (χ3n) is 6.63. The molecule has 3 aromatic rings. The van der Waals surface area contributed by atoms with Gasteiger partial charge in [-0.25, -0.2) is 18.4 Å². The molecule has 0 spiro atoms. The summed E-state index contributed by atoms with van der Waals surface area (Å²) in [5, 5.41) is 0. The first-order valence-electron chi connectivity index (χ1n) is 11.6. The van der Waals surface area contributed by atoms with Crippen LogP contribution in [0.3, 0.4) is 0 Å². The predicted molar refractivity (Wildman–Crippen MR) is 131 cm³/mol. The summed E-state index contributed by atoms with van der Waals surface area (Å²) in [6, 6.07) is 17.5. The Morgan fingerprint density at radius 3 is 2.52 bits per heavy atom. The van der Waals surface area contributed by atoms with E-state index in [4.69, 9.17) is 0 Å². The molecule has 0 aliphatic carbocycles. The molecule has 2 aliphatic rings. The highest BCUT2D eigenvalue weighted by molar-refractivity contribution is 7.92. The lowest BCUT2D eigenvalue weighted by Gasteiger charge is -2.38. The van der Waals surface area contributed by atoms with Crippen LogP contribution in [0.5, 0.6) is 0 Å². The molecule has 0 atom stereocenters. The summed E-state index contributed by atoms with van der Waals surface area (Å²) in [4.78, 5) is 12.9. The number of nitrogens with zero attached hydrogens (tertiary/aromatic N) is 4. The Morgan fingerprint density at radius 2 is 1.76 bits per heavy atom. The van der Waals surface area contributed by atoms with E-state index in [1.807, 2.05) is 12.1 Å². The quantitative estimate of drug-likeness (QED) is 0.597. The number of anilines is 3. The van der Waals surface area contributed by atoms with Crippen molar-refractivity contribution in [1.29, 1.82) is 0 Å². The topological polar surface area (TPSA) is 78.4 Å². The first kappa shape index (κ1) is 21.7. The molecule has 0 amide bonds. The van der Waals surface area contributed by atoms with Crippen LogP contribution in [0.25, 0.3) is 0 Å². The number of fused-ring (bicyclic) bond motifs is 1. The third-order valence-corrected chi connectivity index (χ3v) is 8.00. The lowest BCUT2D eigenvalue weighted by molar-refractivity contribution is 0.400. The van der Waals surface area contributed by atoms with E-state index < -0.39 is 10.0 Å². The highest BCUT2D eigenvalue weighted by Crippen LogP contribution is 2.30. The molecule has 1 fully saturated rings. The van der Waals surface area contributed by atoms with Crippen molar-refractivity contribution in [3.05, 3.63) is 72.7 Å². The van der Waals surface area contributed by atoms with Gasteiger partial charge in [0.2, 0.25) is 0 Å². The van der Waals surface area contributed by atoms with E-state index in [1.165, 1.54) is 42.7 Å². The molecule has 2 aliphatic heterocycles. The van der Waals surface area contributed by atoms with Gasteiger partial charge in [0.25, 0.3) is 10.0 Å². The average Bonchev–Trinajstić information content (AvgIpc) is 2.85. The number of sulfonamides is 1. The predicted octanol–water partition coefficient (Wildman–Crippen LogP) is 3.95. The highest BCUT2D eigenvalue weighted by atomic mass is 32.2. The van der Waals surface area contributed by atoms with Gasteiger partial charge >= 0.3 is 0 Å². The van der Waals surface area contributed by atoms with Crippen LogP contribution in [0.4, 0.5) is 17.2 Å². The molecule has 0 saturated carbocycles. The van der Waals surface area contributed by atoms with Crippen LogP contribution in [0.15, 0.2) is 72.0 Å². The monoisotopic (exact) mass is 463 g/mol. The fraction of sp³-hybridized carbons (Fsp3) is 0.360. The van der Waals surface area contributed by atoms with Crippen LogP contribution >= 0.6 is 0 Å². The number of hydrogen-bond acceptors (Lipinski definition) is 6. The third kappa shape index (κ3) is 4.95. The minimum Gasteiger partial charge on any atom is -0.372 e. The maximum atomic E-state index is 12.6. The van der Waals surface area contributed by atoms with Crippen molar-refractivity contribution < 1.29 is 8.42 Å². The van der Waals surface area contributed by atoms with Gasteiger partial charge in [0.1, 0.15) is 12.1 Å². The summed E-state index contributed by atoms with van der Waals surface area (Å²) >= 11 is 0. The van der Waals surface area contributed by atoms with Crippen molar-refractivity contribution in [3.8, 4) is 0 Å². The lowest BCUT2D eigenvalue weighted by Crippen LogP contribution is -2.40. The Hall–Kier alpha value is -3.13. The van der Waals surface area contributed by atoms with Crippen LogP contribution < -0.4 is 14.5 Å². The van der Waals surface area contributed by atoms with Crippen LogP contribution in [0, 0.1) is 5.92 Å². The smallest absolute Gasteiger partial charge is 0.263 e. The number of benzene rings is 2. The lowest BCUT2D eigenvalue weighted by atomic mass is 9.93. The zero-order valence-corrected chi connectivity index (χ0v) is 19.4. The van der Waals surface area contributed by atoms with E-state index >= 15 is 0 Å². The van der Waals surface area contributed by atoms with E-state index in [0.29, 0.717) is 5.92 Å². The fourth-order valence-electron chi connectivity index (χ4n) is 4.87. The number of rotatable bonds is 6. The standard InChI is InChI=1S/C25H29N5O2S/c31-33(32,28-25-11-14-26-19-27-25)23-9-7-22(8-10-23)29-16-12-20(13-17-29)18-30-15-3-5-21-4-1-2-6-24(21)30/h1-2,4,6-11,14,19-20H,3,5,12-13,15-18H2,(H,26,27,28). The molecule has 0 bridgehead atoms. The van der Waals surface area contributed by atoms with Gasteiger partial charge in [-0.15, -0.1) is 0 Å². The minimum atomic E-state index is -3.67. The van der Waals surface area contributed by atoms with Crippen molar-refractivity contribution in [2.75, 3.05) is 40.7 Å². The van der Waals surface area contributed by atoms with Crippen LogP contribution in [-0.2, 0) is 16.4 Å². The zero-order valence-electron chi connectivity index (χ0n) is 18.6. The largest absolute Gasteiger partial charge is 0.372 e. The second-order valence-corrected chi connectivity index (χ2v) is 10.5. The number of aryl methyl sites for hydroxylation is 1. The Morgan fingerprint density at radius 1 is 0.970 bits per heavy atom. The molecule has 33 heavy (non-hydrogen) atoms. The SMILES string of the molecule is O=S(=O)(Nc1ccncn1)c1ccc(N2CCC(CN3CCCc4ccccc43)CC2)cc1. The Kier molecular flexibility index (Phi) is 6.17. The molecular formula is C25H29N5O2S. The Balaban J connectivity index is 1.18. The number of piperidine rings is 1. The van der Waals surface area contributed by atoms with Gasteiger partial charge in [-0.2, -0.15) is 0 Å². The molecule has 1 aromatic heterocycles. The van der Waals surface area contributed by atoms with Crippen molar-refractivity contribution in [2.24, 2.45) is 5.92 Å². The average molecular weight is 464 g/mol. The van der Waals surface area contributed by atoms with E-state index in [2.05, 4.69) is 48.8 Å². The summed E-state index contributed by atoms with van der Waals surface area (Å²) < 4.78 is 27.7. The molecule has 7 nitrogen and oxygen atoms in total. The molecule has 3 heterocycles. The Bertz CT molecular complexity index is 1180. The minimum absolute atomic E-state index is 0.225. The number of aromatic nitrogens is 2. The molecule has 0 radical (unpaired) electrons. The maximum absolute atomic E-state index is 12.6. The first-order valence-corrected chi connectivity index (χ1v) is 13.0. The van der Waals surface area contributed by atoms with Crippen molar-refractivity contribution in [3.63, 3.8) is 0 Å². The van der Waals surface area contributed by atoms with Gasteiger partial charge in [0.05, 0.1) is 4.90 Å². The Labute approximate surface area is 195 Å². The molecule has 2 aromatic carbocycles. The molecule has 1 N–H and O–H groups in total. The van der Waals surface area contributed by atoms with Crippen molar-refractivity contribution in [1.82, 2.24) is 9.97 Å². The number of nitrogens with one attached hydrogen (secondary N) is 1. The van der Waals surface area contributed by atoms with E-state index in [1.54, 1.807) is 12.1 Å². The van der Waals surface area contributed by atoms with Crippen LogP contribution in [0.1, 0.15) is 24.8 Å². The van der Waals surface area contributed by atoms with E-state index in [0.717, 1.165) is 44.7 Å². The second kappa shape index (κ2) is 9.39. The molecular weight excluding hydrogens is 434 g/mol. The number of hydrogen-bond donors (Lipinski definition) is 1. The molecule has 0 unspecified atom stereocenters. The fourth-order valence-corrected chi connectivity index (χ4v) is 5.88. The number of para-hydroxylation sites is 1. The van der Waals surface area contributed by atoms with Gasteiger partial charge in [-0.3, -0.25) is 4.72 Å². The zero-order chi connectivity index (χ0) is 22.7. The van der Waals surface area contributed by atoms with Crippen LogP contribution in [-0.4, -0.2) is 44.6 Å². The summed E-state index contributed by atoms with van der Waals surface area (Å²) in [7, 11) is -3.67. The van der Waals surface area contributed by atoms with Gasteiger partial charge < -0.3 is 9.80 Å². The molecule has 1 saturated heterocycles. The van der Waals surface area contributed by atoms with Crippen molar-refractivity contribution in [2.45, 2.75) is 30.6 Å². The first-order chi connectivity index (χ1) is 16.1. The van der Waals surface area contributed by atoms with E-state index in [9.17, 15) is 8.42 Å². The molecule has 8 heteroatoms. The van der Waals surface area contributed by atoms with Crippen molar-refractivity contribution >= 4 is 27.2 Å². The van der Waals surface area contributed by atoms with E-state index in [-0.39, 0.29) is 10.7 Å². The summed E-state index contributed by atoms with van der Waals surface area (Å²) in [6.07, 6.45) is 7.53. The second-order valence-electron chi connectivity index (χ2n) is 8.80. The van der Waals surface area contributed by atoms with Gasteiger partial charge in [-0.1, -0.05) is 18.2 Å². The maximum Gasteiger partial charge on any atom is 0.263 e. The normalized spacial score (nSPS) is 17.0. The highest BCUT2D eigenvalue weighted by Gasteiger charge is 2.24. The van der Waals surface area contributed by atoms with Crippen LogP contribution in [0.2, 0.25) is 0 Å². The van der Waals surface area contributed by atoms with Gasteiger partial charge in [0, 0.05) is 43.8 Å². The summed E-state index contributed by atoms with van der Waals surface area (Å²) in [5.41, 5.74) is 3.96. The molecule has 5 rings (SSSR count). The summed E-state index contributed by atoms with van der Waals surface area (Å²) in [6.45, 7) is 4.25.